The maximum Gasteiger partial charge on any atom is 0.433 e. The van der Waals surface area contributed by atoms with Gasteiger partial charge in [0, 0.05) is 31.1 Å². The number of aryl methyl sites for hydroxylation is 1. The fourth-order valence-corrected chi connectivity index (χ4v) is 7.37. The molecule has 0 aliphatic carbocycles. The molecule has 5 rings (SSSR count). The average molecular weight is 694 g/mol. The van der Waals surface area contributed by atoms with Gasteiger partial charge in [0.25, 0.3) is 5.56 Å². The highest BCUT2D eigenvalue weighted by Gasteiger charge is 2.35. The van der Waals surface area contributed by atoms with Gasteiger partial charge in [-0.3, -0.25) is 9.36 Å². The lowest BCUT2D eigenvalue weighted by molar-refractivity contribution is -0.141. The van der Waals surface area contributed by atoms with Gasteiger partial charge in [-0.25, -0.2) is 14.8 Å². The SMILES string of the molecule is COC(=O)C1=C(C)N=c2s/c(=C\c3ccc(OC)c(CSc4nc(C(F)(F)F)cc(C)c4C#N)c3)c(=O)n2[C@H]1c1ccc(N(C)C)cc1. The lowest BCUT2D eigenvalue weighted by Gasteiger charge is -2.25. The van der Waals surface area contributed by atoms with Crippen LogP contribution in [-0.4, -0.2) is 43.8 Å². The minimum absolute atomic E-state index is 0.0408. The number of carbonyl (C=O) groups is 1. The number of pyridine rings is 1. The zero-order chi connectivity index (χ0) is 34.9. The van der Waals surface area contributed by atoms with E-state index in [-0.39, 0.29) is 33.0 Å². The number of rotatable bonds is 8. The number of methoxy groups -OCH3 is 2. The quantitative estimate of drug-likeness (QED) is 0.179. The first-order valence-electron chi connectivity index (χ1n) is 14.4. The summed E-state index contributed by atoms with van der Waals surface area (Å²) in [6.07, 6.45) is -2.98. The minimum atomic E-state index is -4.67. The number of nitrogens with zero attached hydrogens (tertiary/aromatic N) is 5. The Morgan fingerprint density at radius 1 is 1.15 bits per heavy atom. The molecule has 0 unspecified atom stereocenters. The number of benzene rings is 2. The van der Waals surface area contributed by atoms with Gasteiger partial charge in [-0.1, -0.05) is 29.5 Å². The van der Waals surface area contributed by atoms with Crippen LogP contribution in [0.4, 0.5) is 18.9 Å². The van der Waals surface area contributed by atoms with E-state index in [2.05, 4.69) is 9.98 Å². The molecule has 0 saturated heterocycles. The Morgan fingerprint density at radius 2 is 1.85 bits per heavy atom. The summed E-state index contributed by atoms with van der Waals surface area (Å²) in [7, 11) is 6.59. The van der Waals surface area contributed by atoms with Crippen molar-refractivity contribution >= 4 is 40.8 Å². The van der Waals surface area contributed by atoms with Crippen molar-refractivity contribution in [1.29, 1.82) is 5.26 Å². The molecule has 0 saturated carbocycles. The number of ether oxygens (including phenoxy) is 2. The number of hydrogen-bond donors (Lipinski definition) is 0. The smallest absolute Gasteiger partial charge is 0.433 e. The molecule has 0 fully saturated rings. The normalized spacial score (nSPS) is 14.7. The molecular formula is C34H30F3N5O4S2. The van der Waals surface area contributed by atoms with E-state index >= 15 is 0 Å². The molecule has 0 N–H and O–H groups in total. The van der Waals surface area contributed by atoms with Crippen molar-refractivity contribution < 1.29 is 27.4 Å². The third-order valence-corrected chi connectivity index (χ3v) is 9.71. The summed E-state index contributed by atoms with van der Waals surface area (Å²) in [5, 5.41) is 9.57. The van der Waals surface area contributed by atoms with E-state index < -0.39 is 23.9 Å². The van der Waals surface area contributed by atoms with Crippen molar-refractivity contribution in [3.05, 3.63) is 113 Å². The van der Waals surface area contributed by atoms with Gasteiger partial charge in [0.05, 0.1) is 41.6 Å². The summed E-state index contributed by atoms with van der Waals surface area (Å²) < 4.78 is 52.9. The maximum atomic E-state index is 14.0. The number of halogens is 3. The third-order valence-electron chi connectivity index (χ3n) is 7.70. The van der Waals surface area contributed by atoms with Crippen molar-refractivity contribution in [3.63, 3.8) is 0 Å². The van der Waals surface area contributed by atoms with Crippen molar-refractivity contribution in [2.75, 3.05) is 33.2 Å². The highest BCUT2D eigenvalue weighted by atomic mass is 32.2. The van der Waals surface area contributed by atoms with Gasteiger partial charge in [-0.15, -0.1) is 11.8 Å². The molecule has 1 aliphatic rings. The van der Waals surface area contributed by atoms with Crippen LogP contribution in [0.3, 0.4) is 0 Å². The average Bonchev–Trinajstić information content (AvgIpc) is 3.35. The van der Waals surface area contributed by atoms with E-state index in [1.165, 1.54) is 37.0 Å². The summed E-state index contributed by atoms with van der Waals surface area (Å²) in [6.45, 7) is 3.14. The van der Waals surface area contributed by atoms with Gasteiger partial charge in [0.1, 0.15) is 22.5 Å². The Morgan fingerprint density at radius 3 is 2.46 bits per heavy atom. The van der Waals surface area contributed by atoms with Gasteiger partial charge >= 0.3 is 12.1 Å². The molecule has 3 heterocycles. The summed E-state index contributed by atoms with van der Waals surface area (Å²) in [5.41, 5.74) is 2.41. The lowest BCUT2D eigenvalue weighted by Crippen LogP contribution is -2.39. The number of fused-ring (bicyclic) bond motifs is 1. The van der Waals surface area contributed by atoms with E-state index in [1.54, 1.807) is 31.2 Å². The van der Waals surface area contributed by atoms with Gasteiger partial charge in [0.2, 0.25) is 0 Å². The highest BCUT2D eigenvalue weighted by molar-refractivity contribution is 7.98. The Labute approximate surface area is 282 Å². The molecule has 1 aliphatic heterocycles. The zero-order valence-corrected chi connectivity index (χ0v) is 28.4. The molecule has 0 spiro atoms. The van der Waals surface area contributed by atoms with Crippen LogP contribution in [0.5, 0.6) is 5.75 Å². The number of aromatic nitrogens is 2. The first-order chi connectivity index (χ1) is 22.8. The largest absolute Gasteiger partial charge is 0.496 e. The molecule has 2 aromatic heterocycles. The molecule has 248 valence electrons. The van der Waals surface area contributed by atoms with Crippen LogP contribution >= 0.6 is 23.1 Å². The molecular weight excluding hydrogens is 664 g/mol. The standard InChI is InChI=1S/C34H30F3N5O4S2/c1-18-13-27(34(35,36)37)40-30(24(18)16-38)47-17-22-14-20(7-12-25(22)45-5)15-26-31(43)42-29(21-8-10-23(11-9-21)41(3)4)28(32(44)46-6)19(2)39-33(42)48-26/h7-15,29H,17H2,1-6H3/b26-15-/t29-/m0/s1. The maximum absolute atomic E-state index is 14.0. The highest BCUT2D eigenvalue weighted by Crippen LogP contribution is 2.35. The van der Waals surface area contributed by atoms with Crippen molar-refractivity contribution in [1.82, 2.24) is 9.55 Å². The summed E-state index contributed by atoms with van der Waals surface area (Å²) in [4.78, 5) is 37.7. The van der Waals surface area contributed by atoms with Crippen LogP contribution in [0.1, 0.15) is 46.5 Å². The van der Waals surface area contributed by atoms with Crippen LogP contribution < -0.4 is 24.5 Å². The fourth-order valence-electron chi connectivity index (χ4n) is 5.29. The summed E-state index contributed by atoms with van der Waals surface area (Å²) >= 11 is 2.16. The summed E-state index contributed by atoms with van der Waals surface area (Å²) in [5.74, 6) is 0.0245. The van der Waals surface area contributed by atoms with Crippen LogP contribution in [0.25, 0.3) is 6.08 Å². The van der Waals surface area contributed by atoms with Crippen LogP contribution in [0.2, 0.25) is 0 Å². The molecule has 0 radical (unpaired) electrons. The van der Waals surface area contributed by atoms with Crippen molar-refractivity contribution in [2.45, 2.75) is 36.8 Å². The first-order valence-corrected chi connectivity index (χ1v) is 16.2. The van der Waals surface area contributed by atoms with Crippen LogP contribution in [0.15, 0.2) is 74.6 Å². The van der Waals surface area contributed by atoms with Gasteiger partial charge < -0.3 is 14.4 Å². The first kappa shape index (κ1) is 34.5. The number of alkyl halides is 3. The molecule has 48 heavy (non-hydrogen) atoms. The Balaban J connectivity index is 1.57. The van der Waals surface area contributed by atoms with E-state index in [0.29, 0.717) is 37.5 Å². The number of hydrogen-bond acceptors (Lipinski definition) is 10. The van der Waals surface area contributed by atoms with Crippen molar-refractivity contribution in [3.8, 4) is 11.8 Å². The number of carbonyl (C=O) groups excluding carboxylic acids is 1. The second kappa shape index (κ2) is 13.7. The monoisotopic (exact) mass is 693 g/mol. The van der Waals surface area contributed by atoms with Crippen molar-refractivity contribution in [2.24, 2.45) is 4.99 Å². The predicted molar refractivity (Wildman–Crippen MR) is 178 cm³/mol. The predicted octanol–water partition coefficient (Wildman–Crippen LogP) is 5.37. The molecule has 1 atom stereocenters. The number of nitriles is 1. The molecule has 2 aromatic carbocycles. The number of thioether (sulfide) groups is 1. The minimum Gasteiger partial charge on any atom is -0.496 e. The molecule has 14 heteroatoms. The molecule has 0 bridgehead atoms. The number of thiazole rings is 1. The van der Waals surface area contributed by atoms with Crippen LogP contribution in [-0.2, 0) is 21.5 Å². The van der Waals surface area contributed by atoms with E-state index in [0.717, 1.165) is 23.5 Å². The zero-order valence-electron chi connectivity index (χ0n) is 26.8. The van der Waals surface area contributed by atoms with E-state index in [9.17, 15) is 28.0 Å². The topological polar surface area (TPSA) is 110 Å². The number of anilines is 1. The van der Waals surface area contributed by atoms with E-state index in [1.807, 2.05) is 49.3 Å². The fraction of sp³-hybridized carbons (Fsp3) is 0.265. The molecule has 4 aromatic rings. The molecule has 9 nitrogen and oxygen atoms in total. The van der Waals surface area contributed by atoms with Gasteiger partial charge in [-0.2, -0.15) is 18.4 Å². The van der Waals surface area contributed by atoms with E-state index in [4.69, 9.17) is 9.47 Å². The lowest BCUT2D eigenvalue weighted by atomic mass is 9.95. The van der Waals surface area contributed by atoms with Crippen LogP contribution in [0, 0.1) is 18.3 Å². The number of esters is 1. The second-order valence-corrected chi connectivity index (χ2v) is 13.0. The van der Waals surface area contributed by atoms with Gasteiger partial charge in [0.15, 0.2) is 4.80 Å². The Bertz CT molecular complexity index is 2160. The Hall–Kier alpha value is -4.87. The van der Waals surface area contributed by atoms with Gasteiger partial charge in [-0.05, 0) is 66.9 Å². The number of allylic oxidation sites excluding steroid dienone is 1. The summed E-state index contributed by atoms with van der Waals surface area (Å²) in [6, 6.07) is 14.8. The second-order valence-electron chi connectivity index (χ2n) is 11.0. The third kappa shape index (κ3) is 6.74. The molecule has 0 amide bonds. The Kier molecular flexibility index (Phi) is 9.84.